The molecule has 0 bridgehead atoms. The van der Waals surface area contributed by atoms with Gasteiger partial charge in [0, 0.05) is 5.69 Å². The average Bonchev–Trinajstić information content (AvgIpc) is 2.15. The summed E-state index contributed by atoms with van der Waals surface area (Å²) >= 11 is 0. The number of nitrogen functional groups attached to an aromatic ring is 1. The molecule has 0 saturated heterocycles. The van der Waals surface area contributed by atoms with E-state index in [1.165, 1.54) is 0 Å². The molecule has 70 valence electrons. The first-order valence-corrected chi connectivity index (χ1v) is 4.32. The summed E-state index contributed by atoms with van der Waals surface area (Å²) in [6.45, 7) is 6.18. The second-order valence-corrected chi connectivity index (χ2v) is 2.93. The highest BCUT2D eigenvalue weighted by molar-refractivity contribution is 5.39. The Bertz CT molecular complexity index is 266. The molecule has 1 atom stereocenters. The largest absolute Gasteiger partial charge is 0.399 e. The molecule has 0 spiro atoms. The second kappa shape index (κ2) is 4.67. The Labute approximate surface area is 79.0 Å². The van der Waals surface area contributed by atoms with Crippen molar-refractivity contribution >= 4 is 5.69 Å². The number of hydrogen-bond donors (Lipinski definition) is 1. The highest BCUT2D eigenvalue weighted by Crippen LogP contribution is 2.17. The fourth-order valence-corrected chi connectivity index (χ4v) is 1.08. The van der Waals surface area contributed by atoms with E-state index < -0.39 is 0 Å². The minimum atomic E-state index is 0.0959. The van der Waals surface area contributed by atoms with Crippen molar-refractivity contribution in [3.63, 3.8) is 0 Å². The van der Waals surface area contributed by atoms with Crippen molar-refractivity contribution in [2.24, 2.45) is 0 Å². The predicted octanol–water partition coefficient (Wildman–Crippen LogP) is 2.53. The van der Waals surface area contributed by atoms with Crippen molar-refractivity contribution in [1.29, 1.82) is 0 Å². The van der Waals surface area contributed by atoms with Crippen molar-refractivity contribution < 1.29 is 4.74 Å². The third-order valence-corrected chi connectivity index (χ3v) is 1.87. The van der Waals surface area contributed by atoms with Gasteiger partial charge in [0.2, 0.25) is 0 Å². The molecule has 2 N–H and O–H groups in total. The molecule has 0 saturated carbocycles. The molecule has 0 radical (unpaired) electrons. The Kier molecular flexibility index (Phi) is 3.53. The highest BCUT2D eigenvalue weighted by atomic mass is 16.5. The van der Waals surface area contributed by atoms with Gasteiger partial charge in [-0.1, -0.05) is 18.2 Å². The van der Waals surface area contributed by atoms with Crippen molar-refractivity contribution in [3.8, 4) is 0 Å². The van der Waals surface area contributed by atoms with E-state index in [-0.39, 0.29) is 6.10 Å². The van der Waals surface area contributed by atoms with E-state index in [9.17, 15) is 0 Å². The Morgan fingerprint density at radius 3 is 2.62 bits per heavy atom. The number of rotatable bonds is 4. The third-order valence-electron chi connectivity index (χ3n) is 1.87. The van der Waals surface area contributed by atoms with Crippen molar-refractivity contribution in [2.45, 2.75) is 13.0 Å². The zero-order valence-corrected chi connectivity index (χ0v) is 7.86. The smallest absolute Gasteiger partial charge is 0.0801 e. The number of hydrogen-bond acceptors (Lipinski definition) is 2. The Hall–Kier alpha value is -1.28. The van der Waals surface area contributed by atoms with Crippen LogP contribution in [0.15, 0.2) is 36.9 Å². The van der Waals surface area contributed by atoms with Gasteiger partial charge in [0.05, 0.1) is 12.7 Å². The van der Waals surface area contributed by atoms with E-state index in [0.717, 1.165) is 11.3 Å². The Morgan fingerprint density at radius 1 is 1.46 bits per heavy atom. The number of nitrogens with two attached hydrogens (primary N) is 1. The van der Waals surface area contributed by atoms with E-state index >= 15 is 0 Å². The van der Waals surface area contributed by atoms with Gasteiger partial charge in [0.1, 0.15) is 0 Å². The average molecular weight is 177 g/mol. The molecular weight excluding hydrogens is 162 g/mol. The minimum Gasteiger partial charge on any atom is -0.399 e. The number of anilines is 1. The van der Waals surface area contributed by atoms with Crippen molar-refractivity contribution in [2.75, 3.05) is 12.3 Å². The number of benzene rings is 1. The van der Waals surface area contributed by atoms with Crippen LogP contribution in [-0.4, -0.2) is 6.61 Å². The molecule has 0 unspecified atom stereocenters. The van der Waals surface area contributed by atoms with Crippen LogP contribution in [0, 0.1) is 0 Å². The summed E-state index contributed by atoms with van der Waals surface area (Å²) < 4.78 is 5.46. The van der Waals surface area contributed by atoms with Crippen LogP contribution in [0.2, 0.25) is 0 Å². The van der Waals surface area contributed by atoms with E-state index in [1.807, 2.05) is 31.2 Å². The van der Waals surface area contributed by atoms with Gasteiger partial charge >= 0.3 is 0 Å². The van der Waals surface area contributed by atoms with E-state index in [0.29, 0.717) is 6.61 Å². The molecule has 1 aromatic carbocycles. The van der Waals surface area contributed by atoms with Gasteiger partial charge in [-0.25, -0.2) is 0 Å². The first-order chi connectivity index (χ1) is 6.24. The molecule has 0 heterocycles. The molecule has 2 heteroatoms. The third kappa shape index (κ3) is 2.92. The van der Waals surface area contributed by atoms with Crippen LogP contribution < -0.4 is 5.73 Å². The second-order valence-electron chi connectivity index (χ2n) is 2.93. The van der Waals surface area contributed by atoms with Crippen LogP contribution in [0.4, 0.5) is 5.69 Å². The lowest BCUT2D eigenvalue weighted by Crippen LogP contribution is -1.99. The SMILES string of the molecule is C=CCO[C@H](C)c1ccc(N)cc1. The van der Waals surface area contributed by atoms with Crippen molar-refractivity contribution in [1.82, 2.24) is 0 Å². The van der Waals surface area contributed by atoms with E-state index in [4.69, 9.17) is 10.5 Å². The molecule has 0 aliphatic carbocycles. The highest BCUT2D eigenvalue weighted by Gasteiger charge is 2.03. The Morgan fingerprint density at radius 2 is 2.08 bits per heavy atom. The normalized spacial score (nSPS) is 12.4. The Balaban J connectivity index is 2.60. The molecule has 2 nitrogen and oxygen atoms in total. The first-order valence-electron chi connectivity index (χ1n) is 4.32. The van der Waals surface area contributed by atoms with Gasteiger partial charge in [0.15, 0.2) is 0 Å². The summed E-state index contributed by atoms with van der Waals surface area (Å²) in [7, 11) is 0. The summed E-state index contributed by atoms with van der Waals surface area (Å²) in [4.78, 5) is 0. The summed E-state index contributed by atoms with van der Waals surface area (Å²) in [6.07, 6.45) is 1.84. The van der Waals surface area contributed by atoms with Crippen LogP contribution >= 0.6 is 0 Å². The van der Waals surface area contributed by atoms with Gasteiger partial charge in [-0.05, 0) is 24.6 Å². The lowest BCUT2D eigenvalue weighted by atomic mass is 10.1. The van der Waals surface area contributed by atoms with Gasteiger partial charge in [-0.15, -0.1) is 6.58 Å². The lowest BCUT2D eigenvalue weighted by Gasteiger charge is -2.11. The maximum absolute atomic E-state index is 5.57. The fourth-order valence-electron chi connectivity index (χ4n) is 1.08. The van der Waals surface area contributed by atoms with Crippen LogP contribution in [0.25, 0.3) is 0 Å². The molecule has 0 aliphatic heterocycles. The molecule has 0 amide bonds. The van der Waals surface area contributed by atoms with Crippen molar-refractivity contribution in [3.05, 3.63) is 42.5 Å². The maximum atomic E-state index is 5.57. The molecule has 1 aromatic rings. The van der Waals surface area contributed by atoms with Crippen LogP contribution in [-0.2, 0) is 4.74 Å². The van der Waals surface area contributed by atoms with Crippen LogP contribution in [0.3, 0.4) is 0 Å². The number of ether oxygens (including phenoxy) is 1. The standard InChI is InChI=1S/C11H15NO/c1-3-8-13-9(2)10-4-6-11(12)7-5-10/h3-7,9H,1,8,12H2,2H3/t9-/m1/s1. The monoisotopic (exact) mass is 177 g/mol. The van der Waals surface area contributed by atoms with Gasteiger partial charge in [-0.3, -0.25) is 0 Å². The molecule has 0 aromatic heterocycles. The van der Waals surface area contributed by atoms with E-state index in [1.54, 1.807) is 6.08 Å². The zero-order valence-electron chi connectivity index (χ0n) is 7.86. The lowest BCUT2D eigenvalue weighted by molar-refractivity contribution is 0.0888. The van der Waals surface area contributed by atoms with Gasteiger partial charge in [-0.2, -0.15) is 0 Å². The minimum absolute atomic E-state index is 0.0959. The first kappa shape index (κ1) is 9.81. The summed E-state index contributed by atoms with van der Waals surface area (Å²) in [5, 5.41) is 0. The topological polar surface area (TPSA) is 35.2 Å². The molecule has 0 aliphatic rings. The summed E-state index contributed by atoms with van der Waals surface area (Å²) in [6, 6.07) is 7.71. The predicted molar refractivity (Wildman–Crippen MR) is 55.4 cm³/mol. The quantitative estimate of drug-likeness (QED) is 0.566. The van der Waals surface area contributed by atoms with Gasteiger partial charge < -0.3 is 10.5 Å². The molecule has 1 rings (SSSR count). The van der Waals surface area contributed by atoms with Gasteiger partial charge in [0.25, 0.3) is 0 Å². The summed E-state index contributed by atoms with van der Waals surface area (Å²) in [5.41, 5.74) is 7.48. The zero-order chi connectivity index (χ0) is 9.68. The molecule has 0 fully saturated rings. The maximum Gasteiger partial charge on any atom is 0.0801 e. The van der Waals surface area contributed by atoms with Crippen LogP contribution in [0.1, 0.15) is 18.6 Å². The molecule has 13 heavy (non-hydrogen) atoms. The van der Waals surface area contributed by atoms with E-state index in [2.05, 4.69) is 6.58 Å². The summed E-state index contributed by atoms with van der Waals surface area (Å²) in [5.74, 6) is 0. The van der Waals surface area contributed by atoms with Crippen LogP contribution in [0.5, 0.6) is 0 Å². The molecular formula is C11H15NO. The fraction of sp³-hybridized carbons (Fsp3) is 0.273.